The molecule has 216 valence electrons. The van der Waals surface area contributed by atoms with Crippen molar-refractivity contribution in [1.29, 1.82) is 0 Å². The first-order valence-corrected chi connectivity index (χ1v) is 15.0. The lowest BCUT2D eigenvalue weighted by Gasteiger charge is -2.20. The zero-order valence-corrected chi connectivity index (χ0v) is 23.3. The molecule has 0 amide bonds. The molecule has 9 nitrogen and oxygen atoms in total. The molecule has 42 heavy (non-hydrogen) atoms. The van der Waals surface area contributed by atoms with Crippen LogP contribution in [-0.4, -0.2) is 47.1 Å². The van der Waals surface area contributed by atoms with Gasteiger partial charge < -0.3 is 19.6 Å². The Morgan fingerprint density at radius 1 is 1.17 bits per heavy atom. The van der Waals surface area contributed by atoms with Crippen LogP contribution in [0.1, 0.15) is 29.3 Å². The first kappa shape index (κ1) is 27.5. The van der Waals surface area contributed by atoms with E-state index in [-0.39, 0.29) is 35.8 Å². The zero-order chi connectivity index (χ0) is 29.8. The number of carbonyl (C=O) groups is 1. The molecule has 0 radical (unpaired) electrons. The molecule has 5 aromatic rings. The average Bonchev–Trinajstić information content (AvgIpc) is 3.66. The van der Waals surface area contributed by atoms with Gasteiger partial charge in [-0.1, -0.05) is 18.2 Å². The average molecular weight is 594 g/mol. The molecule has 0 fully saturated rings. The molecule has 0 spiro atoms. The number of halogens is 2. The summed E-state index contributed by atoms with van der Waals surface area (Å²) in [5, 5.41) is 14.4. The number of nitrogens with one attached hydrogen (secondary N) is 1. The number of hydrogen-bond donors (Lipinski definition) is 2. The summed E-state index contributed by atoms with van der Waals surface area (Å²) >= 11 is 0. The minimum atomic E-state index is -3.55. The molecule has 2 N–H and O–H groups in total. The summed E-state index contributed by atoms with van der Waals surface area (Å²) in [5.41, 5.74) is 1.76. The lowest BCUT2D eigenvalue weighted by molar-refractivity contribution is -0.136. The maximum Gasteiger partial charge on any atom is 0.307 e. The van der Waals surface area contributed by atoms with E-state index in [9.17, 15) is 18.3 Å². The number of aromatic amines is 1. The molecule has 1 aliphatic heterocycles. The van der Waals surface area contributed by atoms with E-state index in [0.717, 1.165) is 17.9 Å². The number of aliphatic carboxylic acids is 1. The Morgan fingerprint density at radius 3 is 2.74 bits per heavy atom. The number of hydrogen-bond acceptors (Lipinski definition) is 6. The molecule has 0 aliphatic carbocycles. The molecule has 0 bridgehead atoms. The quantitative estimate of drug-likeness (QED) is 0.251. The third-order valence-corrected chi connectivity index (χ3v) is 8.16. The lowest BCUT2D eigenvalue weighted by atomic mass is 9.81. The van der Waals surface area contributed by atoms with E-state index in [4.69, 9.17) is 9.47 Å². The largest absolute Gasteiger partial charge is 0.492 e. The van der Waals surface area contributed by atoms with Gasteiger partial charge >= 0.3 is 5.97 Å². The second-order valence-corrected chi connectivity index (χ2v) is 12.7. The molecule has 12 heteroatoms. The molecular formula is C30H25F2N3O6S. The van der Waals surface area contributed by atoms with Crippen LogP contribution in [0.3, 0.4) is 0 Å². The number of aromatic nitrogens is 3. The van der Waals surface area contributed by atoms with Gasteiger partial charge in [0.2, 0.25) is 0 Å². The van der Waals surface area contributed by atoms with E-state index in [1.807, 2.05) is 13.0 Å². The van der Waals surface area contributed by atoms with Crippen molar-refractivity contribution in [3.63, 3.8) is 0 Å². The molecule has 2 aromatic heterocycles. The normalized spacial score (nSPS) is 16.4. The highest BCUT2D eigenvalue weighted by atomic mass is 32.2. The zero-order valence-electron chi connectivity index (χ0n) is 22.5. The van der Waals surface area contributed by atoms with Crippen LogP contribution >= 0.6 is 0 Å². The Balaban J connectivity index is 1.36. The number of carboxylic acids is 1. The Bertz CT molecular complexity index is 1980. The van der Waals surface area contributed by atoms with Crippen molar-refractivity contribution in [2.45, 2.75) is 24.5 Å². The molecule has 6 rings (SSSR count). The van der Waals surface area contributed by atoms with Gasteiger partial charge in [-0.2, -0.15) is 5.10 Å². The number of carboxylic acid groups (broad SMARTS) is 1. The van der Waals surface area contributed by atoms with Crippen LogP contribution in [0.4, 0.5) is 8.78 Å². The van der Waals surface area contributed by atoms with Crippen LogP contribution in [0, 0.1) is 11.6 Å². The number of para-hydroxylation sites is 1. The molecular weight excluding hydrogens is 568 g/mol. The number of rotatable bonds is 8. The van der Waals surface area contributed by atoms with Crippen LogP contribution in [0.15, 0.2) is 67.0 Å². The van der Waals surface area contributed by atoms with Crippen LogP contribution in [-0.2, 0) is 32.2 Å². The predicted octanol–water partition coefficient (Wildman–Crippen LogP) is 5.29. The number of nitrogens with zero attached hydrogens (tertiary/aromatic N) is 2. The number of ether oxygens (including phenoxy) is 2. The van der Waals surface area contributed by atoms with E-state index in [1.165, 1.54) is 22.9 Å². The van der Waals surface area contributed by atoms with Crippen LogP contribution in [0.5, 0.6) is 17.2 Å². The summed E-state index contributed by atoms with van der Waals surface area (Å²) < 4.78 is 67.7. The second kappa shape index (κ2) is 9.98. The van der Waals surface area contributed by atoms with E-state index < -0.39 is 38.6 Å². The Labute approximate surface area is 239 Å². The van der Waals surface area contributed by atoms with Crippen LogP contribution in [0.25, 0.3) is 16.6 Å². The van der Waals surface area contributed by atoms with E-state index in [2.05, 4.69) is 10.1 Å². The van der Waals surface area contributed by atoms with Gasteiger partial charge in [0.05, 0.1) is 23.3 Å². The summed E-state index contributed by atoms with van der Waals surface area (Å²) in [5.74, 6) is -2.51. The first-order chi connectivity index (χ1) is 19.9. The second-order valence-electron chi connectivity index (χ2n) is 10.5. The van der Waals surface area contributed by atoms with Gasteiger partial charge in [-0.25, -0.2) is 21.9 Å². The minimum Gasteiger partial charge on any atom is -0.492 e. The first-order valence-electron chi connectivity index (χ1n) is 12.9. The fraction of sp³-hybridized carbons (Fsp3) is 0.200. The van der Waals surface area contributed by atoms with Crippen LogP contribution < -0.4 is 9.47 Å². The highest BCUT2D eigenvalue weighted by molar-refractivity contribution is 7.89. The number of fused-ring (bicyclic) bond motifs is 2. The van der Waals surface area contributed by atoms with Gasteiger partial charge in [0.15, 0.2) is 21.4 Å². The Hall–Kier alpha value is -4.71. The maximum atomic E-state index is 15.2. The predicted molar refractivity (Wildman–Crippen MR) is 150 cm³/mol. The maximum absolute atomic E-state index is 15.2. The van der Waals surface area contributed by atoms with Crippen molar-refractivity contribution in [2.75, 3.05) is 12.9 Å². The van der Waals surface area contributed by atoms with Crippen molar-refractivity contribution in [3.8, 4) is 22.9 Å². The standard InChI is InChI=1S/C30H25F2N3O6S/c1-30(16-40-28-17(12-27(36)37)4-3-5-21(28)30)26-9-11-35(34-26)25-13-18(6-7-22(25)31)41-29-20(15-42(2,38)39)19-8-10-33-24(19)14-23(29)32/h3-11,13-14,33H,12,15-16H2,1-2H3,(H,36,37)/t30-/m0/s1. The SMILES string of the molecule is C[C@]1(c2ccn(-c3cc(Oc4c(F)cc5[nH]ccc5c4CS(C)(=O)=O)ccc3F)n2)COc2c(CC(=O)O)cccc21. The van der Waals surface area contributed by atoms with Gasteiger partial charge in [0.25, 0.3) is 0 Å². The third kappa shape index (κ3) is 4.87. The van der Waals surface area contributed by atoms with Crippen molar-refractivity contribution in [2.24, 2.45) is 0 Å². The van der Waals surface area contributed by atoms with Crippen molar-refractivity contribution >= 4 is 26.7 Å². The Morgan fingerprint density at radius 2 is 1.98 bits per heavy atom. The highest BCUT2D eigenvalue weighted by Gasteiger charge is 2.41. The molecule has 0 saturated carbocycles. The molecule has 0 saturated heterocycles. The van der Waals surface area contributed by atoms with Gasteiger partial charge in [-0.15, -0.1) is 0 Å². The molecule has 3 aromatic carbocycles. The number of sulfone groups is 1. The van der Waals surface area contributed by atoms with Gasteiger partial charge in [0, 0.05) is 58.4 Å². The van der Waals surface area contributed by atoms with E-state index in [0.29, 0.717) is 27.9 Å². The fourth-order valence-electron chi connectivity index (χ4n) is 5.34. The van der Waals surface area contributed by atoms with Crippen molar-refractivity contribution in [1.82, 2.24) is 14.8 Å². The molecule has 3 heterocycles. The van der Waals surface area contributed by atoms with Crippen molar-refractivity contribution < 1.29 is 36.6 Å². The van der Waals surface area contributed by atoms with Crippen LogP contribution in [0.2, 0.25) is 0 Å². The number of benzene rings is 3. The minimum absolute atomic E-state index is 0.0221. The summed E-state index contributed by atoms with van der Waals surface area (Å²) in [6.07, 6.45) is 4.01. The van der Waals surface area contributed by atoms with Gasteiger partial charge in [-0.3, -0.25) is 4.79 Å². The topological polar surface area (TPSA) is 124 Å². The van der Waals surface area contributed by atoms with Gasteiger partial charge in [0.1, 0.15) is 29.6 Å². The van der Waals surface area contributed by atoms with Crippen molar-refractivity contribution in [3.05, 3.63) is 101 Å². The fourth-order valence-corrected chi connectivity index (χ4v) is 6.15. The molecule has 1 atom stereocenters. The highest BCUT2D eigenvalue weighted by Crippen LogP contribution is 2.45. The van der Waals surface area contributed by atoms with E-state index in [1.54, 1.807) is 36.7 Å². The lowest BCUT2D eigenvalue weighted by Crippen LogP contribution is -2.26. The molecule has 0 unspecified atom stereocenters. The van der Waals surface area contributed by atoms with E-state index >= 15 is 8.78 Å². The summed E-state index contributed by atoms with van der Waals surface area (Å²) in [6.45, 7) is 2.13. The monoisotopic (exact) mass is 593 g/mol. The number of H-pyrrole nitrogens is 1. The Kier molecular flexibility index (Phi) is 6.53. The summed E-state index contributed by atoms with van der Waals surface area (Å²) in [7, 11) is -3.55. The smallest absolute Gasteiger partial charge is 0.307 e. The molecule has 1 aliphatic rings. The third-order valence-electron chi connectivity index (χ3n) is 7.35. The summed E-state index contributed by atoms with van der Waals surface area (Å²) in [4.78, 5) is 14.2. The summed E-state index contributed by atoms with van der Waals surface area (Å²) in [6, 6.07) is 13.7. The van der Waals surface area contributed by atoms with Gasteiger partial charge in [-0.05, 0) is 31.2 Å².